The summed E-state index contributed by atoms with van der Waals surface area (Å²) in [4.78, 5) is 15.2. The number of ether oxygens (including phenoxy) is 1. The van der Waals surface area contributed by atoms with Crippen molar-refractivity contribution < 1.29 is 9.53 Å². The van der Waals surface area contributed by atoms with Crippen molar-refractivity contribution in [2.24, 2.45) is 5.10 Å². The highest BCUT2D eigenvalue weighted by atomic mass is 79.9. The quantitative estimate of drug-likeness (QED) is 0.542. The van der Waals surface area contributed by atoms with Crippen molar-refractivity contribution in [3.05, 3.63) is 64.3 Å². The van der Waals surface area contributed by atoms with Crippen molar-refractivity contribution in [2.75, 3.05) is 7.11 Å². The van der Waals surface area contributed by atoms with Gasteiger partial charge in [0.1, 0.15) is 5.75 Å². The Hall–Kier alpha value is -2.60. The van der Waals surface area contributed by atoms with Crippen LogP contribution in [0.25, 0.3) is 10.9 Å². The van der Waals surface area contributed by atoms with Gasteiger partial charge < -0.3 is 9.72 Å². The second kappa shape index (κ2) is 6.66. The van der Waals surface area contributed by atoms with Crippen LogP contribution in [0.3, 0.4) is 0 Å². The summed E-state index contributed by atoms with van der Waals surface area (Å²) in [6.07, 6.45) is 3.47. The molecule has 0 saturated heterocycles. The van der Waals surface area contributed by atoms with Crippen molar-refractivity contribution in [1.29, 1.82) is 0 Å². The molecule has 2 aromatic carbocycles. The lowest BCUT2D eigenvalue weighted by molar-refractivity contribution is 0.0955. The van der Waals surface area contributed by atoms with Gasteiger partial charge in [-0.2, -0.15) is 5.10 Å². The number of hydrogen-bond donors (Lipinski definition) is 2. The Bertz CT molecular complexity index is 869. The first-order valence-corrected chi connectivity index (χ1v) is 7.71. The predicted molar refractivity (Wildman–Crippen MR) is 94.1 cm³/mol. The SMILES string of the molecule is COc1ccc(C(=O)NN=Cc2c[nH]c3ccc(Br)cc23)cc1. The second-order valence-electron chi connectivity index (χ2n) is 4.86. The highest BCUT2D eigenvalue weighted by molar-refractivity contribution is 9.10. The number of nitrogens with zero attached hydrogens (tertiary/aromatic N) is 1. The number of aromatic amines is 1. The van der Waals surface area contributed by atoms with Crippen LogP contribution in [-0.4, -0.2) is 24.2 Å². The van der Waals surface area contributed by atoms with Gasteiger partial charge in [-0.25, -0.2) is 5.43 Å². The van der Waals surface area contributed by atoms with Crippen LogP contribution < -0.4 is 10.2 Å². The van der Waals surface area contributed by atoms with E-state index in [0.717, 1.165) is 20.9 Å². The third kappa shape index (κ3) is 3.43. The van der Waals surface area contributed by atoms with Crippen LogP contribution in [-0.2, 0) is 0 Å². The Morgan fingerprint density at radius 2 is 2.04 bits per heavy atom. The molecule has 0 bridgehead atoms. The number of nitrogens with one attached hydrogen (secondary N) is 2. The largest absolute Gasteiger partial charge is 0.497 e. The summed E-state index contributed by atoms with van der Waals surface area (Å²) in [7, 11) is 1.58. The molecule has 0 fully saturated rings. The van der Waals surface area contributed by atoms with Gasteiger partial charge in [-0.05, 0) is 42.5 Å². The Balaban J connectivity index is 1.72. The van der Waals surface area contributed by atoms with E-state index in [1.807, 2.05) is 24.4 Å². The predicted octanol–water partition coefficient (Wildman–Crippen LogP) is 3.70. The van der Waals surface area contributed by atoms with E-state index < -0.39 is 0 Å². The standard InChI is InChI=1S/C17H14BrN3O2/c1-23-14-5-2-11(3-6-14)17(22)21-20-10-12-9-19-16-7-4-13(18)8-15(12)16/h2-10,19H,1H3,(H,21,22). The lowest BCUT2D eigenvalue weighted by atomic mass is 10.2. The van der Waals surface area contributed by atoms with E-state index in [0.29, 0.717) is 11.3 Å². The number of carbonyl (C=O) groups is 1. The van der Waals surface area contributed by atoms with Gasteiger partial charge >= 0.3 is 0 Å². The molecule has 0 radical (unpaired) electrons. The maximum Gasteiger partial charge on any atom is 0.271 e. The van der Waals surface area contributed by atoms with E-state index in [-0.39, 0.29) is 5.91 Å². The molecule has 5 nitrogen and oxygen atoms in total. The first-order valence-electron chi connectivity index (χ1n) is 6.91. The molecule has 0 aliphatic heterocycles. The second-order valence-corrected chi connectivity index (χ2v) is 5.78. The molecule has 23 heavy (non-hydrogen) atoms. The summed E-state index contributed by atoms with van der Waals surface area (Å²) in [5.41, 5.74) is 4.95. The van der Waals surface area contributed by atoms with Crippen LogP contribution in [0.5, 0.6) is 5.75 Å². The number of benzene rings is 2. The fraction of sp³-hybridized carbons (Fsp3) is 0.0588. The molecule has 0 aliphatic carbocycles. The minimum Gasteiger partial charge on any atom is -0.497 e. The third-order valence-electron chi connectivity index (χ3n) is 3.40. The van der Waals surface area contributed by atoms with Gasteiger partial charge in [0.15, 0.2) is 0 Å². The number of rotatable bonds is 4. The van der Waals surface area contributed by atoms with Crippen molar-refractivity contribution in [3.63, 3.8) is 0 Å². The molecule has 0 aliphatic rings. The van der Waals surface area contributed by atoms with Gasteiger partial charge in [0.05, 0.1) is 13.3 Å². The topological polar surface area (TPSA) is 66.5 Å². The van der Waals surface area contributed by atoms with Gasteiger partial charge in [0, 0.05) is 32.7 Å². The van der Waals surface area contributed by atoms with Crippen molar-refractivity contribution in [2.45, 2.75) is 0 Å². The van der Waals surface area contributed by atoms with E-state index in [9.17, 15) is 4.79 Å². The summed E-state index contributed by atoms with van der Waals surface area (Å²) in [6, 6.07) is 12.8. The summed E-state index contributed by atoms with van der Waals surface area (Å²) < 4.78 is 6.05. The normalized spacial score (nSPS) is 11.0. The number of H-pyrrole nitrogens is 1. The fourth-order valence-electron chi connectivity index (χ4n) is 2.19. The molecule has 1 amide bonds. The van der Waals surface area contributed by atoms with Crippen LogP contribution in [0.1, 0.15) is 15.9 Å². The molecule has 2 N–H and O–H groups in total. The zero-order valence-corrected chi connectivity index (χ0v) is 13.9. The van der Waals surface area contributed by atoms with E-state index in [2.05, 4.69) is 31.4 Å². The fourth-order valence-corrected chi connectivity index (χ4v) is 2.55. The smallest absolute Gasteiger partial charge is 0.271 e. The van der Waals surface area contributed by atoms with Crippen LogP contribution in [0.15, 0.2) is 58.2 Å². The van der Waals surface area contributed by atoms with E-state index >= 15 is 0 Å². The molecule has 1 heterocycles. The maximum atomic E-state index is 12.0. The molecule has 116 valence electrons. The Morgan fingerprint density at radius 1 is 1.26 bits per heavy atom. The number of fused-ring (bicyclic) bond motifs is 1. The summed E-state index contributed by atoms with van der Waals surface area (Å²) in [5, 5.41) is 5.05. The Morgan fingerprint density at radius 3 is 2.78 bits per heavy atom. The highest BCUT2D eigenvalue weighted by Crippen LogP contribution is 2.21. The van der Waals surface area contributed by atoms with E-state index in [4.69, 9.17) is 4.74 Å². The number of halogens is 1. The minimum atomic E-state index is -0.273. The molecule has 6 heteroatoms. The van der Waals surface area contributed by atoms with Crippen molar-refractivity contribution >= 4 is 39.0 Å². The van der Waals surface area contributed by atoms with Crippen LogP contribution in [0, 0.1) is 0 Å². The van der Waals surface area contributed by atoms with Crippen LogP contribution in [0.4, 0.5) is 0 Å². The molecule has 3 rings (SSSR count). The van der Waals surface area contributed by atoms with Gasteiger partial charge in [-0.15, -0.1) is 0 Å². The van der Waals surface area contributed by atoms with Crippen molar-refractivity contribution in [1.82, 2.24) is 10.4 Å². The average molecular weight is 372 g/mol. The van der Waals surface area contributed by atoms with Gasteiger partial charge in [0.2, 0.25) is 0 Å². The van der Waals surface area contributed by atoms with Gasteiger partial charge in [0.25, 0.3) is 5.91 Å². The molecule has 3 aromatic rings. The first kappa shape index (κ1) is 15.3. The molecule has 0 atom stereocenters. The minimum absolute atomic E-state index is 0.273. The molecular formula is C17H14BrN3O2. The highest BCUT2D eigenvalue weighted by Gasteiger charge is 2.05. The number of hydrogen-bond acceptors (Lipinski definition) is 3. The number of aromatic nitrogens is 1. The number of carbonyl (C=O) groups excluding carboxylic acids is 1. The van der Waals surface area contributed by atoms with E-state index in [1.54, 1.807) is 37.6 Å². The van der Waals surface area contributed by atoms with Gasteiger partial charge in [-0.1, -0.05) is 15.9 Å². The van der Waals surface area contributed by atoms with Crippen LogP contribution >= 0.6 is 15.9 Å². The Labute approximate surface area is 141 Å². The number of methoxy groups -OCH3 is 1. The maximum absolute atomic E-state index is 12.0. The third-order valence-corrected chi connectivity index (χ3v) is 3.89. The number of amides is 1. The summed E-state index contributed by atoms with van der Waals surface area (Å²) in [6.45, 7) is 0. The zero-order valence-electron chi connectivity index (χ0n) is 12.3. The summed E-state index contributed by atoms with van der Waals surface area (Å²) in [5.74, 6) is 0.430. The van der Waals surface area contributed by atoms with E-state index in [1.165, 1.54) is 0 Å². The first-order chi connectivity index (χ1) is 11.2. The molecule has 0 saturated carbocycles. The number of hydrazone groups is 1. The van der Waals surface area contributed by atoms with Gasteiger partial charge in [-0.3, -0.25) is 4.79 Å². The Kier molecular flexibility index (Phi) is 4.43. The summed E-state index contributed by atoms with van der Waals surface area (Å²) >= 11 is 3.45. The lowest BCUT2D eigenvalue weighted by Crippen LogP contribution is -2.17. The molecule has 0 spiro atoms. The average Bonchev–Trinajstić information content (AvgIpc) is 2.97. The van der Waals surface area contributed by atoms with Crippen LogP contribution in [0.2, 0.25) is 0 Å². The monoisotopic (exact) mass is 371 g/mol. The lowest BCUT2D eigenvalue weighted by Gasteiger charge is -2.02. The molecule has 1 aromatic heterocycles. The molecular weight excluding hydrogens is 358 g/mol. The zero-order chi connectivity index (χ0) is 16.2. The molecule has 0 unspecified atom stereocenters. The van der Waals surface area contributed by atoms with Crippen molar-refractivity contribution in [3.8, 4) is 5.75 Å².